The minimum absolute atomic E-state index is 0.0769. The van der Waals surface area contributed by atoms with Gasteiger partial charge in [-0.05, 0) is 79.8 Å². The van der Waals surface area contributed by atoms with Crippen molar-refractivity contribution in [3.8, 4) is 22.6 Å². The molecule has 5 rings (SSSR count). The van der Waals surface area contributed by atoms with Crippen LogP contribution in [0, 0.1) is 5.82 Å². The van der Waals surface area contributed by atoms with Gasteiger partial charge in [-0.3, -0.25) is 9.59 Å². The van der Waals surface area contributed by atoms with E-state index in [1.54, 1.807) is 49.9 Å². The van der Waals surface area contributed by atoms with Gasteiger partial charge in [-0.25, -0.2) is 9.18 Å². The third kappa shape index (κ3) is 11.3. The van der Waals surface area contributed by atoms with E-state index in [4.69, 9.17) is 9.47 Å². The minimum Gasteiger partial charge on any atom is -0.455 e. The lowest BCUT2D eigenvalue weighted by atomic mass is 10.0. The Morgan fingerprint density at radius 3 is 2.13 bits per heavy atom. The number of benzene rings is 5. The maximum atomic E-state index is 14.0. The molecule has 0 atom stereocenters. The molecular formula is C43H44FN3O5. The molecule has 0 spiro atoms. The van der Waals surface area contributed by atoms with Crippen molar-refractivity contribution in [2.45, 2.75) is 65.3 Å². The van der Waals surface area contributed by atoms with E-state index in [9.17, 15) is 18.8 Å². The van der Waals surface area contributed by atoms with Crippen LogP contribution in [0.4, 0.5) is 14.9 Å². The molecule has 0 heterocycles. The fourth-order valence-corrected chi connectivity index (χ4v) is 5.48. The monoisotopic (exact) mass is 701 g/mol. The summed E-state index contributed by atoms with van der Waals surface area (Å²) in [4.78, 5) is 40.5. The molecule has 0 aromatic heterocycles. The number of anilines is 1. The SMILES string of the molecule is CC(C)(C)OC(=O)NCc1cccc(Oc2ccccc2N(Cc2ccc(-c3ccccc3)cc2)C(=O)CCCC(=O)NCc2ccccc2F)c1. The van der Waals surface area contributed by atoms with Crippen molar-refractivity contribution < 1.29 is 28.2 Å². The molecule has 0 fully saturated rings. The van der Waals surface area contributed by atoms with Gasteiger partial charge in [0.1, 0.15) is 17.2 Å². The zero-order valence-electron chi connectivity index (χ0n) is 29.7. The van der Waals surface area contributed by atoms with Crippen molar-refractivity contribution in [1.82, 2.24) is 10.6 Å². The molecule has 0 aliphatic rings. The normalized spacial score (nSPS) is 11.0. The molecule has 8 nitrogen and oxygen atoms in total. The highest BCUT2D eigenvalue weighted by molar-refractivity contribution is 5.95. The molecule has 0 aliphatic heterocycles. The van der Waals surface area contributed by atoms with Crippen LogP contribution in [0.3, 0.4) is 0 Å². The molecule has 0 unspecified atom stereocenters. The van der Waals surface area contributed by atoms with E-state index >= 15 is 0 Å². The van der Waals surface area contributed by atoms with Crippen LogP contribution >= 0.6 is 0 Å². The lowest BCUT2D eigenvalue weighted by molar-refractivity contribution is -0.121. The lowest BCUT2D eigenvalue weighted by Gasteiger charge is -2.25. The van der Waals surface area contributed by atoms with Crippen molar-refractivity contribution in [2.24, 2.45) is 0 Å². The van der Waals surface area contributed by atoms with Gasteiger partial charge < -0.3 is 25.0 Å². The number of amides is 3. The highest BCUT2D eigenvalue weighted by Gasteiger charge is 2.21. The van der Waals surface area contributed by atoms with Crippen LogP contribution in [0.2, 0.25) is 0 Å². The van der Waals surface area contributed by atoms with Gasteiger partial charge in [-0.2, -0.15) is 0 Å². The number of carbonyl (C=O) groups excluding carboxylic acids is 3. The topological polar surface area (TPSA) is 97.0 Å². The number of hydrogen-bond acceptors (Lipinski definition) is 5. The molecule has 5 aromatic carbocycles. The van der Waals surface area contributed by atoms with Crippen LogP contribution in [0.25, 0.3) is 11.1 Å². The van der Waals surface area contributed by atoms with Crippen molar-refractivity contribution in [3.05, 3.63) is 150 Å². The predicted molar refractivity (Wildman–Crippen MR) is 201 cm³/mol. The van der Waals surface area contributed by atoms with E-state index in [0.717, 1.165) is 22.3 Å². The molecule has 0 saturated heterocycles. The molecule has 268 valence electrons. The number of rotatable bonds is 14. The Bertz CT molecular complexity index is 1960. The Labute approximate surface area is 304 Å². The molecule has 0 radical (unpaired) electrons. The standard InChI is InChI=1S/C43H44FN3O5/c1-43(2,3)52-42(50)46-28-32-13-11-17-36(27-32)51-39-20-10-9-19-38(39)47(30-31-23-25-34(26-24-31)33-14-5-4-6-15-33)41(49)22-12-21-40(48)45-29-35-16-7-8-18-37(35)44/h4-11,13-20,23-27H,12,21-22,28-30H2,1-3H3,(H,45,48)(H,46,50). The Morgan fingerprint density at radius 1 is 0.692 bits per heavy atom. The molecule has 52 heavy (non-hydrogen) atoms. The molecule has 0 saturated carbocycles. The second kappa shape index (κ2) is 17.8. The van der Waals surface area contributed by atoms with E-state index in [2.05, 4.69) is 10.6 Å². The zero-order chi connectivity index (χ0) is 36.9. The smallest absolute Gasteiger partial charge is 0.407 e. The first-order valence-corrected chi connectivity index (χ1v) is 17.3. The van der Waals surface area contributed by atoms with Crippen LogP contribution in [0.15, 0.2) is 127 Å². The summed E-state index contributed by atoms with van der Waals surface area (Å²) in [6.45, 7) is 6.00. The first kappa shape index (κ1) is 37.3. The van der Waals surface area contributed by atoms with Crippen LogP contribution in [-0.2, 0) is 34.0 Å². The van der Waals surface area contributed by atoms with Gasteiger partial charge in [0.25, 0.3) is 0 Å². The molecule has 0 aliphatic carbocycles. The van der Waals surface area contributed by atoms with Crippen molar-refractivity contribution in [1.29, 1.82) is 0 Å². The first-order chi connectivity index (χ1) is 25.0. The van der Waals surface area contributed by atoms with E-state index in [1.165, 1.54) is 6.07 Å². The Hall–Kier alpha value is -5.96. The second-order valence-corrected chi connectivity index (χ2v) is 13.3. The Balaban J connectivity index is 1.31. The van der Waals surface area contributed by atoms with Gasteiger partial charge in [0, 0.05) is 31.5 Å². The van der Waals surface area contributed by atoms with E-state index in [0.29, 0.717) is 29.2 Å². The number of alkyl carbamates (subject to hydrolysis) is 1. The number of para-hydroxylation sites is 2. The quantitative estimate of drug-likeness (QED) is 0.120. The number of hydrogen-bond donors (Lipinski definition) is 2. The summed E-state index contributed by atoms with van der Waals surface area (Å²) in [5.74, 6) is 0.179. The zero-order valence-corrected chi connectivity index (χ0v) is 29.7. The number of nitrogens with zero attached hydrogens (tertiary/aromatic N) is 1. The van der Waals surface area contributed by atoms with Crippen molar-refractivity contribution >= 4 is 23.6 Å². The summed E-state index contributed by atoms with van der Waals surface area (Å²) < 4.78 is 25.7. The summed E-state index contributed by atoms with van der Waals surface area (Å²) in [5, 5.41) is 5.51. The van der Waals surface area contributed by atoms with Gasteiger partial charge in [-0.1, -0.05) is 97.1 Å². The number of carbonyl (C=O) groups is 3. The average molecular weight is 702 g/mol. The third-order valence-electron chi connectivity index (χ3n) is 8.05. The molecule has 0 bridgehead atoms. The van der Waals surface area contributed by atoms with Crippen molar-refractivity contribution in [2.75, 3.05) is 4.90 Å². The Morgan fingerprint density at radius 2 is 1.38 bits per heavy atom. The summed E-state index contributed by atoms with van der Waals surface area (Å²) in [7, 11) is 0. The second-order valence-electron chi connectivity index (χ2n) is 13.3. The summed E-state index contributed by atoms with van der Waals surface area (Å²) in [6, 6.07) is 39.1. The van der Waals surface area contributed by atoms with Crippen LogP contribution in [0.5, 0.6) is 11.5 Å². The Kier molecular flexibility index (Phi) is 12.8. The number of halogens is 1. The van der Waals surface area contributed by atoms with Crippen molar-refractivity contribution in [3.63, 3.8) is 0 Å². The summed E-state index contributed by atoms with van der Waals surface area (Å²) >= 11 is 0. The van der Waals surface area contributed by atoms with Crippen LogP contribution < -0.4 is 20.3 Å². The maximum Gasteiger partial charge on any atom is 0.407 e. The predicted octanol–water partition coefficient (Wildman–Crippen LogP) is 9.33. The average Bonchev–Trinajstić information content (AvgIpc) is 3.13. The molecule has 5 aromatic rings. The minimum atomic E-state index is -0.610. The first-order valence-electron chi connectivity index (χ1n) is 17.3. The summed E-state index contributed by atoms with van der Waals surface area (Å²) in [5.41, 5.74) is 4.24. The largest absolute Gasteiger partial charge is 0.455 e. The molecular weight excluding hydrogens is 657 g/mol. The third-order valence-corrected chi connectivity index (χ3v) is 8.05. The summed E-state index contributed by atoms with van der Waals surface area (Å²) in [6.07, 6.45) is 0.0103. The molecule has 3 amide bonds. The number of ether oxygens (including phenoxy) is 2. The van der Waals surface area contributed by atoms with Gasteiger partial charge in [0.2, 0.25) is 11.8 Å². The lowest BCUT2D eigenvalue weighted by Crippen LogP contribution is -2.32. The number of nitrogens with one attached hydrogen (secondary N) is 2. The highest BCUT2D eigenvalue weighted by atomic mass is 19.1. The van der Waals surface area contributed by atoms with Gasteiger partial charge >= 0.3 is 6.09 Å². The fraction of sp³-hybridized carbons (Fsp3) is 0.233. The fourth-order valence-electron chi connectivity index (χ4n) is 5.48. The molecule has 2 N–H and O–H groups in total. The van der Waals surface area contributed by atoms with Crippen LogP contribution in [-0.4, -0.2) is 23.5 Å². The van der Waals surface area contributed by atoms with E-state index in [1.807, 2.05) is 97.1 Å². The maximum absolute atomic E-state index is 14.0. The highest BCUT2D eigenvalue weighted by Crippen LogP contribution is 2.34. The van der Waals surface area contributed by atoms with Gasteiger partial charge in [-0.15, -0.1) is 0 Å². The van der Waals surface area contributed by atoms with Gasteiger partial charge in [0.05, 0.1) is 12.2 Å². The molecule has 9 heteroatoms. The van der Waals surface area contributed by atoms with E-state index in [-0.39, 0.29) is 50.1 Å². The van der Waals surface area contributed by atoms with Gasteiger partial charge in [0.15, 0.2) is 5.75 Å². The van der Waals surface area contributed by atoms with Crippen LogP contribution in [0.1, 0.15) is 56.7 Å². The van der Waals surface area contributed by atoms with E-state index < -0.39 is 11.7 Å².